The minimum absolute atomic E-state index is 0.325. The number of benzene rings is 3. The van der Waals surface area contributed by atoms with E-state index in [0.717, 1.165) is 16.7 Å². The van der Waals surface area contributed by atoms with Gasteiger partial charge in [-0.1, -0.05) is 91.0 Å². The first kappa shape index (κ1) is 19.4. The van der Waals surface area contributed by atoms with E-state index in [1.165, 1.54) is 7.11 Å². The van der Waals surface area contributed by atoms with Crippen LogP contribution in [0.15, 0.2) is 91.0 Å². The number of rotatable bonds is 5. The van der Waals surface area contributed by atoms with Crippen LogP contribution in [-0.2, 0) is 15.1 Å². The maximum atomic E-state index is 12.7. The van der Waals surface area contributed by atoms with Gasteiger partial charge in [0.2, 0.25) is 0 Å². The average Bonchev–Trinajstić information content (AvgIpc) is 3.18. The number of nitrogens with zero attached hydrogens (tertiary/aromatic N) is 1. The first-order valence-corrected chi connectivity index (χ1v) is 9.87. The fourth-order valence-corrected chi connectivity index (χ4v) is 4.58. The number of β-amino-alcohol motifs (C(OH)–C–C–N with tert-alkyl or cyclic N) is 1. The van der Waals surface area contributed by atoms with E-state index in [0.29, 0.717) is 13.0 Å². The van der Waals surface area contributed by atoms with Crippen molar-refractivity contribution in [2.45, 2.75) is 24.1 Å². The summed E-state index contributed by atoms with van der Waals surface area (Å²) in [4.78, 5) is 14.8. The van der Waals surface area contributed by atoms with Gasteiger partial charge in [-0.25, -0.2) is 0 Å². The summed E-state index contributed by atoms with van der Waals surface area (Å²) in [5.74, 6) is -0.325. The van der Waals surface area contributed by atoms with Crippen molar-refractivity contribution in [3.8, 4) is 0 Å². The second-order valence-corrected chi connectivity index (χ2v) is 7.39. The van der Waals surface area contributed by atoms with E-state index in [1.54, 1.807) is 0 Å². The van der Waals surface area contributed by atoms with E-state index in [2.05, 4.69) is 41.3 Å². The van der Waals surface area contributed by atoms with Crippen molar-refractivity contribution < 1.29 is 14.6 Å². The van der Waals surface area contributed by atoms with Gasteiger partial charge in [-0.15, -0.1) is 0 Å². The number of aliphatic hydroxyl groups is 1. The SMILES string of the molecule is COC(=O)[C@@H]1C[C@@H](O)CN1C(c1ccccc1)(c1ccccc1)c1ccccc1. The van der Waals surface area contributed by atoms with Crippen LogP contribution in [0.3, 0.4) is 0 Å². The van der Waals surface area contributed by atoms with E-state index in [1.807, 2.05) is 54.6 Å². The van der Waals surface area contributed by atoms with Crippen LogP contribution in [-0.4, -0.2) is 41.8 Å². The lowest BCUT2D eigenvalue weighted by molar-refractivity contribution is -0.147. The molecule has 1 aliphatic heterocycles. The molecule has 2 atom stereocenters. The Morgan fingerprint density at radius 1 is 0.862 bits per heavy atom. The van der Waals surface area contributed by atoms with Crippen LogP contribution >= 0.6 is 0 Å². The molecule has 0 spiro atoms. The summed E-state index contributed by atoms with van der Waals surface area (Å²) in [6.45, 7) is 0.373. The van der Waals surface area contributed by atoms with Crippen molar-refractivity contribution >= 4 is 5.97 Å². The van der Waals surface area contributed by atoms with Crippen LogP contribution < -0.4 is 0 Å². The summed E-state index contributed by atoms with van der Waals surface area (Å²) < 4.78 is 5.12. The first-order chi connectivity index (χ1) is 14.2. The van der Waals surface area contributed by atoms with Gasteiger partial charge in [-0.2, -0.15) is 0 Å². The number of likely N-dealkylation sites (tertiary alicyclic amines) is 1. The third kappa shape index (κ3) is 3.35. The third-order valence-corrected chi connectivity index (χ3v) is 5.76. The van der Waals surface area contributed by atoms with E-state index < -0.39 is 17.7 Å². The minimum atomic E-state index is -0.736. The smallest absolute Gasteiger partial charge is 0.323 e. The topological polar surface area (TPSA) is 49.8 Å². The van der Waals surface area contributed by atoms with Crippen LogP contribution in [0.4, 0.5) is 0 Å². The Bertz CT molecular complexity index is 847. The number of ether oxygens (including phenoxy) is 1. The molecule has 1 saturated heterocycles. The molecule has 4 heteroatoms. The Kier molecular flexibility index (Phi) is 5.47. The summed E-state index contributed by atoms with van der Waals surface area (Å²) in [6, 6.07) is 30.0. The summed E-state index contributed by atoms with van der Waals surface area (Å²) in [5.41, 5.74) is 2.39. The highest BCUT2D eigenvalue weighted by molar-refractivity contribution is 5.77. The van der Waals surface area contributed by atoms with Crippen LogP contribution in [0.25, 0.3) is 0 Å². The standard InChI is InChI=1S/C25H25NO3/c1-29-24(28)23-17-22(27)18-26(23)25(19-11-5-2-6-12-19,20-13-7-3-8-14-20)21-15-9-4-10-16-21/h2-16,22-23,27H,17-18H2,1H3/t22-,23+/m1/s1. The summed E-state index contributed by atoms with van der Waals surface area (Å²) in [5, 5.41) is 10.6. The lowest BCUT2D eigenvalue weighted by Crippen LogP contribution is -2.53. The molecule has 4 nitrogen and oxygen atoms in total. The highest BCUT2D eigenvalue weighted by Gasteiger charge is 2.51. The number of hydrogen-bond acceptors (Lipinski definition) is 4. The molecule has 148 valence electrons. The second-order valence-electron chi connectivity index (χ2n) is 7.39. The molecular formula is C25H25NO3. The largest absolute Gasteiger partial charge is 0.468 e. The predicted molar refractivity (Wildman–Crippen MR) is 112 cm³/mol. The highest BCUT2D eigenvalue weighted by atomic mass is 16.5. The van der Waals surface area contributed by atoms with Crippen molar-refractivity contribution in [3.63, 3.8) is 0 Å². The van der Waals surface area contributed by atoms with Gasteiger partial charge < -0.3 is 9.84 Å². The second kappa shape index (κ2) is 8.19. The Morgan fingerprint density at radius 2 is 1.28 bits per heavy atom. The fraction of sp³-hybridized carbons (Fsp3) is 0.240. The predicted octanol–water partition coefficient (Wildman–Crippen LogP) is 3.59. The van der Waals surface area contributed by atoms with Crippen LogP contribution in [0.2, 0.25) is 0 Å². The van der Waals surface area contributed by atoms with Crippen LogP contribution in [0.5, 0.6) is 0 Å². The van der Waals surface area contributed by atoms with E-state index in [4.69, 9.17) is 4.74 Å². The number of methoxy groups -OCH3 is 1. The van der Waals surface area contributed by atoms with Crippen LogP contribution in [0.1, 0.15) is 23.1 Å². The lowest BCUT2D eigenvalue weighted by Gasteiger charge is -2.45. The molecule has 0 unspecified atom stereocenters. The van der Waals surface area contributed by atoms with Crippen molar-refractivity contribution in [2.24, 2.45) is 0 Å². The molecule has 29 heavy (non-hydrogen) atoms. The van der Waals surface area contributed by atoms with Gasteiger partial charge in [0.25, 0.3) is 0 Å². The van der Waals surface area contributed by atoms with Crippen LogP contribution in [0, 0.1) is 0 Å². The molecule has 3 aromatic rings. The number of esters is 1. The Labute approximate surface area is 171 Å². The van der Waals surface area contributed by atoms with Gasteiger partial charge in [-0.3, -0.25) is 9.69 Å². The van der Waals surface area contributed by atoms with E-state index in [-0.39, 0.29) is 5.97 Å². The lowest BCUT2D eigenvalue weighted by atomic mass is 9.75. The van der Waals surface area contributed by atoms with Gasteiger partial charge in [0.1, 0.15) is 6.04 Å². The van der Waals surface area contributed by atoms with Gasteiger partial charge in [0.15, 0.2) is 0 Å². The molecule has 0 saturated carbocycles. The Morgan fingerprint density at radius 3 is 1.66 bits per heavy atom. The van der Waals surface area contributed by atoms with Gasteiger partial charge in [-0.05, 0) is 16.7 Å². The zero-order valence-electron chi connectivity index (χ0n) is 16.4. The van der Waals surface area contributed by atoms with E-state index >= 15 is 0 Å². The highest BCUT2D eigenvalue weighted by Crippen LogP contribution is 2.46. The number of hydrogen-bond donors (Lipinski definition) is 1. The van der Waals surface area contributed by atoms with Crippen molar-refractivity contribution in [1.82, 2.24) is 4.90 Å². The molecule has 0 aliphatic carbocycles. The minimum Gasteiger partial charge on any atom is -0.468 e. The van der Waals surface area contributed by atoms with Gasteiger partial charge in [0, 0.05) is 13.0 Å². The molecule has 1 heterocycles. The maximum absolute atomic E-state index is 12.7. The maximum Gasteiger partial charge on any atom is 0.323 e. The molecule has 0 amide bonds. The quantitative estimate of drug-likeness (QED) is 0.537. The summed E-state index contributed by atoms with van der Waals surface area (Å²) in [7, 11) is 1.40. The zero-order valence-corrected chi connectivity index (χ0v) is 16.4. The normalized spacial score (nSPS) is 19.8. The molecule has 0 aromatic heterocycles. The van der Waals surface area contributed by atoms with Gasteiger partial charge in [0.05, 0.1) is 18.8 Å². The summed E-state index contributed by atoms with van der Waals surface area (Å²) >= 11 is 0. The molecule has 0 bridgehead atoms. The molecule has 3 aromatic carbocycles. The molecule has 4 rings (SSSR count). The average molecular weight is 387 g/mol. The number of carbonyl (C=O) groups is 1. The molecular weight excluding hydrogens is 362 g/mol. The Hall–Kier alpha value is -2.95. The monoisotopic (exact) mass is 387 g/mol. The molecule has 1 aliphatic rings. The molecule has 1 fully saturated rings. The molecule has 0 radical (unpaired) electrons. The van der Waals surface area contributed by atoms with Crippen molar-refractivity contribution in [1.29, 1.82) is 0 Å². The number of aliphatic hydroxyl groups excluding tert-OH is 1. The first-order valence-electron chi connectivity index (χ1n) is 9.87. The van der Waals surface area contributed by atoms with Gasteiger partial charge >= 0.3 is 5.97 Å². The Balaban J connectivity index is 2.04. The number of carbonyl (C=O) groups excluding carboxylic acids is 1. The summed E-state index contributed by atoms with van der Waals surface area (Å²) in [6.07, 6.45) is -0.254. The molecule has 1 N–H and O–H groups in total. The fourth-order valence-electron chi connectivity index (χ4n) is 4.58. The van der Waals surface area contributed by atoms with E-state index in [9.17, 15) is 9.90 Å². The zero-order chi connectivity index (χ0) is 20.3. The van der Waals surface area contributed by atoms with Crippen molar-refractivity contribution in [3.05, 3.63) is 108 Å². The third-order valence-electron chi connectivity index (χ3n) is 5.76. The van der Waals surface area contributed by atoms with Crippen molar-refractivity contribution in [2.75, 3.05) is 13.7 Å².